The normalized spacial score (nSPS) is 26.0. The Labute approximate surface area is 144 Å². The van der Waals surface area contributed by atoms with E-state index in [0.717, 1.165) is 31.8 Å². The second-order valence-corrected chi connectivity index (χ2v) is 8.18. The number of hydrogen-bond donors (Lipinski definition) is 0. The SMILES string of the molecule is CCC(CC)C(=O)N1CC(c2nncn2C2CC2)C2(CCCC2)C1. The van der Waals surface area contributed by atoms with E-state index < -0.39 is 0 Å². The summed E-state index contributed by atoms with van der Waals surface area (Å²) in [5.74, 6) is 2.08. The van der Waals surface area contributed by atoms with Gasteiger partial charge in [-0.2, -0.15) is 0 Å². The molecule has 1 aliphatic heterocycles. The highest BCUT2D eigenvalue weighted by molar-refractivity contribution is 5.79. The van der Waals surface area contributed by atoms with Crippen LogP contribution < -0.4 is 0 Å². The summed E-state index contributed by atoms with van der Waals surface area (Å²) < 4.78 is 2.32. The summed E-state index contributed by atoms with van der Waals surface area (Å²) in [6.45, 7) is 6.05. The first-order valence-corrected chi connectivity index (χ1v) is 9.86. The summed E-state index contributed by atoms with van der Waals surface area (Å²) in [6, 6.07) is 0.609. The molecule has 132 valence electrons. The van der Waals surface area contributed by atoms with Gasteiger partial charge >= 0.3 is 0 Å². The summed E-state index contributed by atoms with van der Waals surface area (Å²) in [5.41, 5.74) is 0.251. The number of carbonyl (C=O) groups is 1. The van der Waals surface area contributed by atoms with E-state index in [0.29, 0.717) is 17.9 Å². The molecule has 1 spiro atoms. The van der Waals surface area contributed by atoms with Crippen LogP contribution in [0.1, 0.15) is 83.0 Å². The summed E-state index contributed by atoms with van der Waals surface area (Å²) in [6.07, 6.45) is 11.4. The molecule has 1 aromatic rings. The molecular formula is C19H30N4O. The maximum atomic E-state index is 13.0. The van der Waals surface area contributed by atoms with Crippen molar-refractivity contribution in [2.75, 3.05) is 13.1 Å². The van der Waals surface area contributed by atoms with Gasteiger partial charge in [-0.15, -0.1) is 10.2 Å². The van der Waals surface area contributed by atoms with Gasteiger partial charge in [0.05, 0.1) is 0 Å². The number of amides is 1. The van der Waals surface area contributed by atoms with Crippen molar-refractivity contribution >= 4 is 5.91 Å². The van der Waals surface area contributed by atoms with Gasteiger partial charge in [-0.05, 0) is 43.9 Å². The lowest BCUT2D eigenvalue weighted by Crippen LogP contribution is -2.35. The van der Waals surface area contributed by atoms with Gasteiger partial charge in [-0.1, -0.05) is 26.7 Å². The van der Waals surface area contributed by atoms with Crippen LogP contribution in [-0.2, 0) is 4.79 Å². The van der Waals surface area contributed by atoms with Crippen molar-refractivity contribution in [2.24, 2.45) is 11.3 Å². The summed E-state index contributed by atoms with van der Waals surface area (Å²) in [5, 5.41) is 8.76. The van der Waals surface area contributed by atoms with Crippen LogP contribution in [0.5, 0.6) is 0 Å². The maximum Gasteiger partial charge on any atom is 0.225 e. The van der Waals surface area contributed by atoms with E-state index in [2.05, 4.69) is 33.5 Å². The van der Waals surface area contributed by atoms with Crippen molar-refractivity contribution in [1.82, 2.24) is 19.7 Å². The van der Waals surface area contributed by atoms with Crippen LogP contribution in [0.15, 0.2) is 6.33 Å². The van der Waals surface area contributed by atoms with E-state index in [4.69, 9.17) is 0 Å². The van der Waals surface area contributed by atoms with Gasteiger partial charge in [0.25, 0.3) is 0 Å². The van der Waals surface area contributed by atoms with Crippen molar-refractivity contribution in [2.45, 2.75) is 77.2 Å². The van der Waals surface area contributed by atoms with Crippen LogP contribution in [0.2, 0.25) is 0 Å². The highest BCUT2D eigenvalue weighted by Crippen LogP contribution is 2.54. The summed E-state index contributed by atoms with van der Waals surface area (Å²) in [4.78, 5) is 15.1. The van der Waals surface area contributed by atoms with Gasteiger partial charge in [-0.3, -0.25) is 4.79 Å². The number of likely N-dealkylation sites (tertiary alicyclic amines) is 1. The second kappa shape index (κ2) is 6.16. The van der Waals surface area contributed by atoms with E-state index in [9.17, 15) is 4.79 Å². The lowest BCUT2D eigenvalue weighted by Gasteiger charge is -2.29. The fourth-order valence-corrected chi connectivity index (χ4v) is 5.11. The van der Waals surface area contributed by atoms with Crippen molar-refractivity contribution in [1.29, 1.82) is 0 Å². The Kier molecular flexibility index (Phi) is 4.13. The van der Waals surface area contributed by atoms with Crippen LogP contribution in [0, 0.1) is 11.3 Å². The molecule has 0 radical (unpaired) electrons. The zero-order chi connectivity index (χ0) is 16.7. The van der Waals surface area contributed by atoms with Gasteiger partial charge in [0, 0.05) is 31.0 Å². The van der Waals surface area contributed by atoms with Crippen molar-refractivity contribution in [3.05, 3.63) is 12.2 Å². The molecule has 5 nitrogen and oxygen atoms in total. The standard InChI is InChI=1S/C19H30N4O/c1-3-14(4-2)18(24)22-11-16(19(12-22)9-5-6-10-19)17-21-20-13-23(17)15-7-8-15/h13-16H,3-12H2,1-2H3. The van der Waals surface area contributed by atoms with E-state index >= 15 is 0 Å². The van der Waals surface area contributed by atoms with Crippen LogP contribution in [-0.4, -0.2) is 38.7 Å². The molecule has 1 aromatic heterocycles. The average Bonchev–Trinajstić information content (AvgIpc) is 3.02. The van der Waals surface area contributed by atoms with Gasteiger partial charge < -0.3 is 9.47 Å². The Morgan fingerprint density at radius 2 is 2.00 bits per heavy atom. The van der Waals surface area contributed by atoms with E-state index in [-0.39, 0.29) is 11.3 Å². The Bertz CT molecular complexity index is 596. The fourth-order valence-electron chi connectivity index (χ4n) is 5.11. The Morgan fingerprint density at radius 3 is 2.62 bits per heavy atom. The molecule has 1 atom stereocenters. The van der Waals surface area contributed by atoms with Crippen LogP contribution in [0.3, 0.4) is 0 Å². The zero-order valence-electron chi connectivity index (χ0n) is 15.1. The number of carbonyl (C=O) groups excluding carboxylic acids is 1. The molecule has 5 heteroatoms. The minimum atomic E-state index is 0.184. The summed E-state index contributed by atoms with van der Waals surface area (Å²) in [7, 11) is 0. The molecule has 0 bridgehead atoms. The molecule has 1 saturated heterocycles. The molecule has 2 aliphatic carbocycles. The van der Waals surface area contributed by atoms with E-state index in [1.165, 1.54) is 38.5 Å². The molecule has 1 amide bonds. The highest BCUT2D eigenvalue weighted by atomic mass is 16.2. The molecular weight excluding hydrogens is 300 g/mol. The predicted molar refractivity (Wildman–Crippen MR) is 92.6 cm³/mol. The number of rotatable bonds is 5. The first-order valence-electron chi connectivity index (χ1n) is 9.86. The quantitative estimate of drug-likeness (QED) is 0.830. The van der Waals surface area contributed by atoms with Gasteiger partial charge in [0.2, 0.25) is 5.91 Å². The molecule has 2 saturated carbocycles. The Morgan fingerprint density at radius 1 is 1.29 bits per heavy atom. The minimum absolute atomic E-state index is 0.184. The van der Waals surface area contributed by atoms with E-state index in [1.54, 1.807) is 0 Å². The largest absolute Gasteiger partial charge is 0.341 e. The van der Waals surface area contributed by atoms with Crippen LogP contribution >= 0.6 is 0 Å². The van der Waals surface area contributed by atoms with Crippen molar-refractivity contribution in [3.63, 3.8) is 0 Å². The first kappa shape index (κ1) is 16.1. The smallest absolute Gasteiger partial charge is 0.225 e. The number of nitrogens with zero attached hydrogens (tertiary/aromatic N) is 4. The lowest BCUT2D eigenvalue weighted by atomic mass is 9.76. The molecule has 3 fully saturated rings. The Balaban J connectivity index is 1.62. The maximum absolute atomic E-state index is 13.0. The third-order valence-corrected chi connectivity index (χ3v) is 6.75. The molecule has 24 heavy (non-hydrogen) atoms. The molecule has 0 N–H and O–H groups in total. The van der Waals surface area contributed by atoms with Gasteiger partial charge in [0.1, 0.15) is 12.2 Å². The van der Waals surface area contributed by atoms with Crippen molar-refractivity contribution < 1.29 is 4.79 Å². The first-order chi connectivity index (χ1) is 11.7. The van der Waals surface area contributed by atoms with Gasteiger partial charge in [-0.25, -0.2) is 0 Å². The van der Waals surface area contributed by atoms with Crippen LogP contribution in [0.25, 0.3) is 0 Å². The molecule has 2 heterocycles. The molecule has 1 unspecified atom stereocenters. The average molecular weight is 330 g/mol. The summed E-state index contributed by atoms with van der Waals surface area (Å²) >= 11 is 0. The monoisotopic (exact) mass is 330 g/mol. The number of hydrogen-bond acceptors (Lipinski definition) is 3. The second-order valence-electron chi connectivity index (χ2n) is 8.18. The van der Waals surface area contributed by atoms with Gasteiger partial charge in [0.15, 0.2) is 0 Å². The third-order valence-electron chi connectivity index (χ3n) is 6.75. The molecule has 0 aromatic carbocycles. The third kappa shape index (κ3) is 2.56. The minimum Gasteiger partial charge on any atom is -0.341 e. The van der Waals surface area contributed by atoms with Crippen molar-refractivity contribution in [3.8, 4) is 0 Å². The van der Waals surface area contributed by atoms with Crippen LogP contribution in [0.4, 0.5) is 0 Å². The molecule has 3 aliphatic rings. The topological polar surface area (TPSA) is 51.0 Å². The molecule has 4 rings (SSSR count). The Hall–Kier alpha value is -1.39. The lowest BCUT2D eigenvalue weighted by molar-refractivity contribution is -0.135. The number of aromatic nitrogens is 3. The zero-order valence-corrected chi connectivity index (χ0v) is 15.1. The highest BCUT2D eigenvalue weighted by Gasteiger charge is 2.52. The fraction of sp³-hybridized carbons (Fsp3) is 0.842. The van der Waals surface area contributed by atoms with E-state index in [1.807, 2.05) is 6.33 Å². The predicted octanol–water partition coefficient (Wildman–Crippen LogP) is 3.54.